The van der Waals surface area contributed by atoms with Gasteiger partial charge in [0.05, 0.1) is 18.6 Å². The molecule has 0 saturated heterocycles. The quantitative estimate of drug-likeness (QED) is 0.800. The van der Waals surface area contributed by atoms with Crippen molar-refractivity contribution in [3.8, 4) is 6.07 Å². The third-order valence-electron chi connectivity index (χ3n) is 2.21. The maximum absolute atomic E-state index is 12.8. The molecule has 1 aromatic carbocycles. The topological polar surface area (TPSA) is 44.0 Å². The highest BCUT2D eigenvalue weighted by Crippen LogP contribution is 2.23. The van der Waals surface area contributed by atoms with E-state index in [1.807, 2.05) is 6.92 Å². The molecule has 14 heavy (non-hydrogen) atoms. The molecule has 0 bridgehead atoms. The van der Waals surface area contributed by atoms with E-state index in [1.165, 1.54) is 12.1 Å². The molecule has 1 unspecified atom stereocenters. The van der Waals surface area contributed by atoms with Gasteiger partial charge in [0, 0.05) is 0 Å². The molecule has 0 heterocycles. The van der Waals surface area contributed by atoms with Gasteiger partial charge < -0.3 is 5.11 Å². The van der Waals surface area contributed by atoms with Gasteiger partial charge in [-0.15, -0.1) is 0 Å². The Balaban J connectivity index is 3.14. The van der Waals surface area contributed by atoms with Crippen LogP contribution < -0.4 is 0 Å². The van der Waals surface area contributed by atoms with Gasteiger partial charge in [-0.05, 0) is 29.7 Å². The van der Waals surface area contributed by atoms with Crippen LogP contribution in [0.2, 0.25) is 0 Å². The van der Waals surface area contributed by atoms with Crippen LogP contribution in [0.3, 0.4) is 0 Å². The van der Waals surface area contributed by atoms with E-state index < -0.39 is 0 Å². The van der Waals surface area contributed by atoms with Gasteiger partial charge in [-0.3, -0.25) is 0 Å². The van der Waals surface area contributed by atoms with Crippen LogP contribution in [0.25, 0.3) is 0 Å². The van der Waals surface area contributed by atoms with E-state index in [9.17, 15) is 4.39 Å². The number of aliphatic hydroxyl groups is 1. The molecule has 1 aromatic rings. The van der Waals surface area contributed by atoms with Crippen LogP contribution in [-0.2, 0) is 6.61 Å². The minimum Gasteiger partial charge on any atom is -0.392 e. The van der Waals surface area contributed by atoms with E-state index >= 15 is 0 Å². The Morgan fingerprint density at radius 1 is 1.57 bits per heavy atom. The summed E-state index contributed by atoms with van der Waals surface area (Å²) in [5.74, 6) is -0.650. The van der Waals surface area contributed by atoms with Crippen molar-refractivity contribution in [2.24, 2.45) is 0 Å². The minimum atomic E-state index is -0.384. The predicted octanol–water partition coefficient (Wildman–Crippen LogP) is 2.34. The molecule has 0 aliphatic heterocycles. The van der Waals surface area contributed by atoms with Crippen LogP contribution in [-0.4, -0.2) is 5.11 Å². The first kappa shape index (κ1) is 10.7. The van der Waals surface area contributed by atoms with Gasteiger partial charge in [0.25, 0.3) is 0 Å². The largest absolute Gasteiger partial charge is 0.392 e. The normalized spacial score (nSPS) is 12.1. The van der Waals surface area contributed by atoms with Gasteiger partial charge in [-0.25, -0.2) is 4.39 Å². The maximum atomic E-state index is 12.8. The van der Waals surface area contributed by atoms with E-state index in [0.717, 1.165) is 5.56 Å². The lowest BCUT2D eigenvalue weighted by molar-refractivity contribution is 0.279. The van der Waals surface area contributed by atoms with E-state index in [0.29, 0.717) is 12.0 Å². The second kappa shape index (κ2) is 4.73. The summed E-state index contributed by atoms with van der Waals surface area (Å²) in [4.78, 5) is 0. The summed E-state index contributed by atoms with van der Waals surface area (Å²) in [5.41, 5.74) is 1.22. The second-order valence-corrected chi connectivity index (χ2v) is 3.09. The Hall–Kier alpha value is -1.40. The zero-order valence-corrected chi connectivity index (χ0v) is 8.00. The molecule has 0 radical (unpaired) electrons. The first-order chi connectivity index (χ1) is 6.72. The highest BCUT2D eigenvalue weighted by molar-refractivity contribution is 5.33. The van der Waals surface area contributed by atoms with Gasteiger partial charge in [-0.1, -0.05) is 13.0 Å². The maximum Gasteiger partial charge on any atom is 0.123 e. The van der Waals surface area contributed by atoms with Crippen LogP contribution >= 0.6 is 0 Å². The molecule has 1 rings (SSSR count). The van der Waals surface area contributed by atoms with Gasteiger partial charge in [-0.2, -0.15) is 5.26 Å². The smallest absolute Gasteiger partial charge is 0.123 e. The van der Waals surface area contributed by atoms with Gasteiger partial charge in [0.2, 0.25) is 0 Å². The van der Waals surface area contributed by atoms with Crippen molar-refractivity contribution in [3.05, 3.63) is 35.1 Å². The molecule has 0 amide bonds. The Kier molecular flexibility index (Phi) is 3.61. The fourth-order valence-corrected chi connectivity index (χ4v) is 1.43. The lowest BCUT2D eigenvalue weighted by Gasteiger charge is -2.11. The van der Waals surface area contributed by atoms with E-state index in [1.54, 1.807) is 6.07 Å². The van der Waals surface area contributed by atoms with Crippen molar-refractivity contribution in [1.29, 1.82) is 5.26 Å². The molecule has 0 saturated carbocycles. The summed E-state index contributed by atoms with van der Waals surface area (Å²) in [7, 11) is 0. The zero-order chi connectivity index (χ0) is 10.6. The third kappa shape index (κ3) is 2.09. The summed E-state index contributed by atoms with van der Waals surface area (Å²) < 4.78 is 12.8. The highest BCUT2D eigenvalue weighted by Gasteiger charge is 2.12. The Morgan fingerprint density at radius 3 is 2.79 bits per heavy atom. The molecular formula is C11H12FNO. The van der Waals surface area contributed by atoms with E-state index in [4.69, 9.17) is 10.4 Å². The molecule has 2 nitrogen and oxygen atoms in total. The van der Waals surface area contributed by atoms with Gasteiger partial charge in [0.1, 0.15) is 5.82 Å². The molecule has 0 fully saturated rings. The fourth-order valence-electron chi connectivity index (χ4n) is 1.43. The molecule has 3 heteroatoms. The Bertz CT molecular complexity index is 357. The number of hydrogen-bond acceptors (Lipinski definition) is 2. The van der Waals surface area contributed by atoms with Crippen molar-refractivity contribution in [1.82, 2.24) is 0 Å². The Morgan fingerprint density at radius 2 is 2.29 bits per heavy atom. The third-order valence-corrected chi connectivity index (χ3v) is 2.21. The molecule has 1 N–H and O–H groups in total. The van der Waals surface area contributed by atoms with Crippen molar-refractivity contribution in [2.75, 3.05) is 0 Å². The summed E-state index contributed by atoms with van der Waals surface area (Å²) in [6, 6.07) is 6.28. The number of rotatable bonds is 3. The lowest BCUT2D eigenvalue weighted by atomic mass is 9.93. The SMILES string of the molecule is CCC(C#N)c1ccc(F)cc1CO. The summed E-state index contributed by atoms with van der Waals surface area (Å²) in [6.45, 7) is 1.66. The average Bonchev–Trinajstić information content (AvgIpc) is 2.21. The van der Waals surface area contributed by atoms with Crippen LogP contribution in [0, 0.1) is 17.1 Å². The first-order valence-electron chi connectivity index (χ1n) is 4.51. The minimum absolute atomic E-state index is 0.231. The van der Waals surface area contributed by atoms with Crippen molar-refractivity contribution in [2.45, 2.75) is 25.9 Å². The second-order valence-electron chi connectivity index (χ2n) is 3.09. The van der Waals surface area contributed by atoms with E-state index in [2.05, 4.69) is 6.07 Å². The van der Waals surface area contributed by atoms with Gasteiger partial charge >= 0.3 is 0 Å². The summed E-state index contributed by atoms with van der Waals surface area (Å²) in [6.07, 6.45) is 0.662. The monoisotopic (exact) mass is 193 g/mol. The van der Waals surface area contributed by atoms with Crippen molar-refractivity contribution in [3.63, 3.8) is 0 Å². The molecule has 0 aliphatic carbocycles. The van der Waals surface area contributed by atoms with Crippen LogP contribution in [0.4, 0.5) is 4.39 Å². The number of benzene rings is 1. The number of hydrogen-bond donors (Lipinski definition) is 1. The van der Waals surface area contributed by atoms with Gasteiger partial charge in [0.15, 0.2) is 0 Å². The molecule has 0 spiro atoms. The number of halogens is 1. The first-order valence-corrected chi connectivity index (χ1v) is 4.51. The highest BCUT2D eigenvalue weighted by atomic mass is 19.1. The number of nitrogens with zero attached hydrogens (tertiary/aromatic N) is 1. The van der Waals surface area contributed by atoms with Crippen LogP contribution in [0.15, 0.2) is 18.2 Å². The molecular weight excluding hydrogens is 181 g/mol. The van der Waals surface area contributed by atoms with Crippen molar-refractivity contribution < 1.29 is 9.50 Å². The number of nitriles is 1. The molecule has 0 aromatic heterocycles. The average molecular weight is 193 g/mol. The molecule has 0 aliphatic rings. The van der Waals surface area contributed by atoms with Crippen molar-refractivity contribution >= 4 is 0 Å². The fraction of sp³-hybridized carbons (Fsp3) is 0.364. The zero-order valence-electron chi connectivity index (χ0n) is 8.00. The molecule has 74 valence electrons. The van der Waals surface area contributed by atoms with Crippen LogP contribution in [0.5, 0.6) is 0 Å². The predicted molar refractivity (Wildman–Crippen MR) is 51.0 cm³/mol. The summed E-state index contributed by atoms with van der Waals surface area (Å²) >= 11 is 0. The molecule has 1 atom stereocenters. The van der Waals surface area contributed by atoms with Crippen LogP contribution in [0.1, 0.15) is 30.4 Å². The lowest BCUT2D eigenvalue weighted by Crippen LogP contribution is -2.00. The Labute approximate surface area is 82.6 Å². The van der Waals surface area contributed by atoms with E-state index in [-0.39, 0.29) is 18.3 Å². The standard InChI is InChI=1S/C11H12FNO/c1-2-8(6-13)11-4-3-10(12)5-9(11)7-14/h3-5,8,14H,2,7H2,1H3. The number of aliphatic hydroxyl groups excluding tert-OH is 1. The summed E-state index contributed by atoms with van der Waals surface area (Å²) in [5, 5.41) is 17.9.